The van der Waals surface area contributed by atoms with Crippen molar-refractivity contribution < 1.29 is 18.7 Å². The van der Waals surface area contributed by atoms with E-state index in [0.29, 0.717) is 46.9 Å². The molecule has 4 aromatic rings. The molecule has 2 heterocycles. The molecule has 1 aromatic heterocycles. The number of anilines is 1. The van der Waals surface area contributed by atoms with Gasteiger partial charge in [0, 0.05) is 5.69 Å². The van der Waals surface area contributed by atoms with Gasteiger partial charge in [-0.05, 0) is 92.4 Å². The Bertz CT molecular complexity index is 1500. The first-order valence-corrected chi connectivity index (χ1v) is 12.3. The van der Waals surface area contributed by atoms with Crippen molar-refractivity contribution in [3.63, 3.8) is 0 Å². The summed E-state index contributed by atoms with van der Waals surface area (Å²) in [5, 5.41) is 0.474. The average molecular weight is 484 g/mol. The molecule has 6 nitrogen and oxygen atoms in total. The van der Waals surface area contributed by atoms with Crippen LogP contribution < -0.4 is 19.8 Å². The summed E-state index contributed by atoms with van der Waals surface area (Å²) < 4.78 is 17.6. The highest BCUT2D eigenvalue weighted by Crippen LogP contribution is 2.42. The maximum atomic E-state index is 13.9. The van der Waals surface area contributed by atoms with Crippen LogP contribution in [0.1, 0.15) is 59.1 Å². The number of nitrogens with zero attached hydrogens (tertiary/aromatic N) is 1. The number of benzene rings is 3. The van der Waals surface area contributed by atoms with Gasteiger partial charge in [-0.3, -0.25) is 14.5 Å². The van der Waals surface area contributed by atoms with Crippen molar-refractivity contribution in [3.8, 4) is 11.5 Å². The van der Waals surface area contributed by atoms with Gasteiger partial charge in [0.25, 0.3) is 5.91 Å². The second-order valence-electron chi connectivity index (χ2n) is 9.03. The quantitative estimate of drug-likeness (QED) is 0.306. The van der Waals surface area contributed by atoms with E-state index in [2.05, 4.69) is 0 Å². The van der Waals surface area contributed by atoms with Gasteiger partial charge in [0.2, 0.25) is 5.76 Å². The molecular weight excluding hydrogens is 454 g/mol. The molecule has 6 heteroatoms. The highest BCUT2D eigenvalue weighted by Gasteiger charge is 2.43. The van der Waals surface area contributed by atoms with Crippen LogP contribution >= 0.6 is 0 Å². The number of hydrogen-bond acceptors (Lipinski definition) is 5. The smallest absolute Gasteiger partial charge is 0.295 e. The zero-order valence-electron chi connectivity index (χ0n) is 21.0. The second kappa shape index (κ2) is 9.53. The topological polar surface area (TPSA) is 69.0 Å². The van der Waals surface area contributed by atoms with E-state index in [0.717, 1.165) is 23.1 Å². The van der Waals surface area contributed by atoms with Crippen molar-refractivity contribution in [2.24, 2.45) is 0 Å². The maximum Gasteiger partial charge on any atom is 0.295 e. The Morgan fingerprint density at radius 2 is 1.64 bits per heavy atom. The van der Waals surface area contributed by atoms with Gasteiger partial charge in [0.1, 0.15) is 17.1 Å². The summed E-state index contributed by atoms with van der Waals surface area (Å²) in [6.45, 7) is 9.01. The van der Waals surface area contributed by atoms with Gasteiger partial charge < -0.3 is 13.9 Å². The molecule has 5 rings (SSSR count). The largest absolute Gasteiger partial charge is 0.494 e. The Balaban J connectivity index is 1.72. The molecule has 36 heavy (non-hydrogen) atoms. The van der Waals surface area contributed by atoms with E-state index in [1.165, 1.54) is 0 Å². The normalized spacial score (nSPS) is 14.8. The van der Waals surface area contributed by atoms with Crippen LogP contribution in [-0.4, -0.2) is 19.1 Å². The molecule has 0 fully saturated rings. The molecular formula is C30H29NO5. The molecule has 1 aliphatic rings. The van der Waals surface area contributed by atoms with Crippen molar-refractivity contribution in [1.82, 2.24) is 0 Å². The number of aryl methyl sites for hydroxylation is 2. The molecule has 3 aromatic carbocycles. The fraction of sp³-hybridized carbons (Fsp3) is 0.267. The number of rotatable bonds is 7. The van der Waals surface area contributed by atoms with E-state index in [9.17, 15) is 9.59 Å². The van der Waals surface area contributed by atoms with Crippen molar-refractivity contribution >= 4 is 22.6 Å². The lowest BCUT2D eigenvalue weighted by Crippen LogP contribution is -2.29. The fourth-order valence-electron chi connectivity index (χ4n) is 4.67. The summed E-state index contributed by atoms with van der Waals surface area (Å²) in [6, 6.07) is 17.9. The molecule has 0 saturated carbocycles. The number of fused-ring (bicyclic) bond motifs is 2. The third kappa shape index (κ3) is 4.02. The summed E-state index contributed by atoms with van der Waals surface area (Å²) in [6.07, 6.45) is 0.877. The lowest BCUT2D eigenvalue weighted by molar-refractivity contribution is 0.0971. The highest BCUT2D eigenvalue weighted by atomic mass is 16.5. The molecule has 1 aliphatic heterocycles. The van der Waals surface area contributed by atoms with Gasteiger partial charge in [0.15, 0.2) is 5.43 Å². The number of hydrogen-bond donors (Lipinski definition) is 0. The summed E-state index contributed by atoms with van der Waals surface area (Å²) in [5.74, 6) is 1.13. The Morgan fingerprint density at radius 3 is 2.36 bits per heavy atom. The Labute approximate surface area is 210 Å². The number of carbonyl (C=O) groups is 1. The zero-order valence-corrected chi connectivity index (χ0v) is 21.0. The van der Waals surface area contributed by atoms with E-state index >= 15 is 0 Å². The van der Waals surface area contributed by atoms with Crippen molar-refractivity contribution in [2.75, 3.05) is 18.1 Å². The minimum absolute atomic E-state index is 0.0783. The molecule has 1 unspecified atom stereocenters. The predicted molar refractivity (Wildman–Crippen MR) is 140 cm³/mol. The van der Waals surface area contributed by atoms with Crippen LogP contribution in [-0.2, 0) is 0 Å². The van der Waals surface area contributed by atoms with Gasteiger partial charge in [-0.2, -0.15) is 0 Å². The highest BCUT2D eigenvalue weighted by molar-refractivity contribution is 6.10. The van der Waals surface area contributed by atoms with Gasteiger partial charge >= 0.3 is 0 Å². The summed E-state index contributed by atoms with van der Waals surface area (Å²) >= 11 is 0. The molecule has 1 atom stereocenters. The molecule has 0 aliphatic carbocycles. The van der Waals surface area contributed by atoms with E-state index in [1.54, 1.807) is 4.90 Å². The molecule has 1 amide bonds. The van der Waals surface area contributed by atoms with Gasteiger partial charge in [-0.25, -0.2) is 0 Å². The minimum atomic E-state index is -0.655. The monoisotopic (exact) mass is 483 g/mol. The van der Waals surface area contributed by atoms with Crippen molar-refractivity contribution in [3.05, 3.63) is 98.9 Å². The number of ether oxygens (including phenoxy) is 2. The first kappa shape index (κ1) is 23.7. The SMILES string of the molecule is CCCOc1cccc(C2c3c(oc4cc(C)c(C)cc4c3=O)C(=O)N2c2ccc(OCC)cc2)c1. The minimum Gasteiger partial charge on any atom is -0.494 e. The van der Waals surface area contributed by atoms with Crippen molar-refractivity contribution in [2.45, 2.75) is 40.2 Å². The molecule has 184 valence electrons. The summed E-state index contributed by atoms with van der Waals surface area (Å²) in [5.41, 5.74) is 3.99. The van der Waals surface area contributed by atoms with E-state index in [1.807, 2.05) is 88.4 Å². The van der Waals surface area contributed by atoms with Crippen LogP contribution in [0.3, 0.4) is 0 Å². The second-order valence-corrected chi connectivity index (χ2v) is 9.03. The third-order valence-corrected chi connectivity index (χ3v) is 6.56. The van der Waals surface area contributed by atoms with Crippen molar-refractivity contribution in [1.29, 1.82) is 0 Å². The van der Waals surface area contributed by atoms with Crippen LogP contribution in [0.4, 0.5) is 5.69 Å². The number of carbonyl (C=O) groups excluding carboxylic acids is 1. The van der Waals surface area contributed by atoms with Crippen LogP contribution in [0.5, 0.6) is 11.5 Å². The Hall–Kier alpha value is -4.06. The lowest BCUT2D eigenvalue weighted by Gasteiger charge is -2.25. The van der Waals surface area contributed by atoms with Gasteiger partial charge in [-0.1, -0.05) is 19.1 Å². The maximum absolute atomic E-state index is 13.9. The van der Waals surface area contributed by atoms with Crippen LogP contribution in [0.2, 0.25) is 0 Å². The molecule has 0 N–H and O–H groups in total. The predicted octanol–water partition coefficient (Wildman–Crippen LogP) is 6.35. The molecule has 0 saturated heterocycles. The Morgan fingerprint density at radius 1 is 0.889 bits per heavy atom. The van der Waals surface area contributed by atoms with E-state index < -0.39 is 6.04 Å². The zero-order chi connectivity index (χ0) is 25.4. The summed E-state index contributed by atoms with van der Waals surface area (Å²) in [4.78, 5) is 29.4. The van der Waals surface area contributed by atoms with E-state index in [4.69, 9.17) is 13.9 Å². The Kier molecular flexibility index (Phi) is 6.27. The van der Waals surface area contributed by atoms with Crippen LogP contribution in [0.25, 0.3) is 11.0 Å². The average Bonchev–Trinajstić information content (AvgIpc) is 3.17. The lowest BCUT2D eigenvalue weighted by atomic mass is 9.97. The fourth-order valence-corrected chi connectivity index (χ4v) is 4.67. The van der Waals surface area contributed by atoms with E-state index in [-0.39, 0.29) is 17.1 Å². The van der Waals surface area contributed by atoms with Gasteiger partial charge in [0.05, 0.1) is 30.2 Å². The standard InChI is InChI=1S/C30H29NO5/c1-5-14-35-23-9-7-8-20(17-23)27-26-28(32)24-15-18(3)19(4)16-25(24)36-29(26)30(33)31(27)21-10-12-22(13-11-21)34-6-2/h7-13,15-17,27H,5-6,14H2,1-4H3. The molecule has 0 spiro atoms. The van der Waals surface area contributed by atoms with Gasteiger partial charge in [-0.15, -0.1) is 0 Å². The molecule has 0 bridgehead atoms. The van der Waals surface area contributed by atoms with Crippen LogP contribution in [0, 0.1) is 13.8 Å². The first-order valence-electron chi connectivity index (χ1n) is 12.3. The molecule has 0 radical (unpaired) electrons. The number of amides is 1. The summed E-state index contributed by atoms with van der Waals surface area (Å²) in [7, 11) is 0. The first-order chi connectivity index (χ1) is 17.4. The third-order valence-electron chi connectivity index (χ3n) is 6.56. The van der Waals surface area contributed by atoms with Crippen LogP contribution in [0.15, 0.2) is 69.9 Å².